The number of nitrogens with zero attached hydrogens (tertiary/aromatic N) is 1. The Morgan fingerprint density at radius 3 is 2.44 bits per heavy atom. The average Bonchev–Trinajstić information content (AvgIpc) is 3.41. The first kappa shape index (κ1) is 27.9. The number of alkyl halides is 3. The molecule has 208 valence electrons. The highest BCUT2D eigenvalue weighted by molar-refractivity contribution is 8.23. The molecule has 0 radical (unpaired) electrons. The Labute approximate surface area is 219 Å². The van der Waals surface area contributed by atoms with Crippen LogP contribution in [0.5, 0.6) is 0 Å². The second-order valence-corrected chi connectivity index (χ2v) is 10.5. The molecule has 3 amide bonds. The first-order valence-corrected chi connectivity index (χ1v) is 12.9. The number of hydrogen-bond donors (Lipinski definition) is 6. The molecule has 6 N–H and O–H groups in total. The van der Waals surface area contributed by atoms with Crippen LogP contribution in [0.3, 0.4) is 0 Å². The van der Waals surface area contributed by atoms with Crippen LogP contribution >= 0.6 is 10.8 Å². The number of ether oxygens (including phenoxy) is 1. The molecule has 1 fully saturated rings. The van der Waals surface area contributed by atoms with Gasteiger partial charge in [-0.1, -0.05) is 36.4 Å². The van der Waals surface area contributed by atoms with Crippen LogP contribution in [-0.4, -0.2) is 55.7 Å². The number of halogens is 3. The number of H-pyrrole nitrogens is 1. The fourth-order valence-electron chi connectivity index (χ4n) is 3.89. The number of imidazole rings is 1. The van der Waals surface area contributed by atoms with E-state index >= 15 is 0 Å². The van der Waals surface area contributed by atoms with Gasteiger partial charge in [0.2, 0.25) is 5.91 Å². The van der Waals surface area contributed by atoms with Gasteiger partial charge in [0.25, 0.3) is 0 Å². The van der Waals surface area contributed by atoms with Gasteiger partial charge in [-0.25, -0.2) is 19.4 Å². The number of nitrogens with one attached hydrogen (secondary N) is 4. The van der Waals surface area contributed by atoms with E-state index in [1.807, 2.05) is 5.32 Å². The van der Waals surface area contributed by atoms with Gasteiger partial charge in [-0.05, 0) is 29.7 Å². The van der Waals surface area contributed by atoms with Crippen LogP contribution in [0.1, 0.15) is 34.7 Å². The van der Waals surface area contributed by atoms with E-state index in [0.29, 0.717) is 28.0 Å². The lowest BCUT2D eigenvalue weighted by Gasteiger charge is -2.32. The van der Waals surface area contributed by atoms with Crippen LogP contribution in [0.2, 0.25) is 0 Å². The molecular weight excluding hydrogens is 547 g/mol. The van der Waals surface area contributed by atoms with Crippen molar-refractivity contribution in [2.24, 2.45) is 0 Å². The van der Waals surface area contributed by atoms with Gasteiger partial charge in [-0.15, -0.1) is 10.8 Å². The third-order valence-electron chi connectivity index (χ3n) is 5.70. The average molecular weight is 570 g/mol. The lowest BCUT2D eigenvalue weighted by atomic mass is 10.0. The van der Waals surface area contributed by atoms with Crippen molar-refractivity contribution in [3.05, 3.63) is 65.5 Å². The summed E-state index contributed by atoms with van der Waals surface area (Å²) >= 11 is 0. The van der Waals surface area contributed by atoms with Gasteiger partial charge in [0.1, 0.15) is 17.6 Å². The third-order valence-corrected chi connectivity index (χ3v) is 7.46. The maximum absolute atomic E-state index is 12.5. The maximum atomic E-state index is 12.5. The second-order valence-electron chi connectivity index (χ2n) is 8.53. The van der Waals surface area contributed by atoms with E-state index in [4.69, 9.17) is 0 Å². The normalized spacial score (nSPS) is 18.2. The zero-order valence-electron chi connectivity index (χ0n) is 19.8. The van der Waals surface area contributed by atoms with Crippen LogP contribution in [0.4, 0.5) is 18.0 Å². The van der Waals surface area contributed by atoms with Gasteiger partial charge in [0.05, 0.1) is 23.5 Å². The summed E-state index contributed by atoms with van der Waals surface area (Å²) in [5, 5.41) is 3.81. The van der Waals surface area contributed by atoms with Crippen molar-refractivity contribution < 1.29 is 46.2 Å². The number of amides is 3. The zero-order valence-corrected chi connectivity index (χ0v) is 20.6. The topological polar surface area (TPSA) is 183 Å². The summed E-state index contributed by atoms with van der Waals surface area (Å²) in [5.74, 6) is -4.44. The molecule has 0 saturated carbocycles. The number of carbonyl (C=O) groups excluding carboxylic acids is 4. The molecule has 1 aliphatic rings. The van der Waals surface area contributed by atoms with Crippen LogP contribution in [-0.2, 0) is 25.5 Å². The van der Waals surface area contributed by atoms with Crippen LogP contribution in [0, 0.1) is 0 Å². The van der Waals surface area contributed by atoms with Gasteiger partial charge in [-0.3, -0.25) is 18.6 Å². The summed E-state index contributed by atoms with van der Waals surface area (Å²) in [6.07, 6.45) is -5.29. The molecule has 1 unspecified atom stereocenters. The van der Waals surface area contributed by atoms with Crippen molar-refractivity contribution in [1.82, 2.24) is 25.3 Å². The Kier molecular flexibility index (Phi) is 7.80. The van der Waals surface area contributed by atoms with Crippen molar-refractivity contribution >= 4 is 45.7 Å². The Balaban J connectivity index is 1.47. The predicted molar refractivity (Wildman–Crippen MR) is 131 cm³/mol. The smallest absolute Gasteiger partial charge is 0.385 e. The van der Waals surface area contributed by atoms with Crippen LogP contribution in [0.15, 0.2) is 48.5 Å². The minimum atomic E-state index is -5.36. The fraction of sp³-hybridized carbons (Fsp3) is 0.261. The molecule has 4 rings (SSSR count). The van der Waals surface area contributed by atoms with Crippen LogP contribution < -0.4 is 15.4 Å². The maximum Gasteiger partial charge on any atom is 0.491 e. The molecule has 0 bridgehead atoms. The summed E-state index contributed by atoms with van der Waals surface area (Å²) in [5.41, 5.74) is 2.48. The molecule has 1 aliphatic heterocycles. The molecule has 1 saturated heterocycles. The summed E-state index contributed by atoms with van der Waals surface area (Å²) in [7, 11) is -3.33. The first-order chi connectivity index (χ1) is 18.3. The summed E-state index contributed by atoms with van der Waals surface area (Å²) in [6.45, 7) is -1.00. The van der Waals surface area contributed by atoms with Gasteiger partial charge >= 0.3 is 24.1 Å². The minimum absolute atomic E-state index is 0.0813. The van der Waals surface area contributed by atoms with Gasteiger partial charge < -0.3 is 20.4 Å². The second kappa shape index (κ2) is 10.9. The summed E-state index contributed by atoms with van der Waals surface area (Å²) in [6, 6.07) is 11.9. The number of hydrogen-bond acceptors (Lipinski definition) is 8. The van der Waals surface area contributed by atoms with Crippen molar-refractivity contribution in [1.29, 1.82) is 0 Å². The highest BCUT2D eigenvalue weighted by Gasteiger charge is 2.42. The molecule has 3 aromatic rings. The Hall–Kier alpha value is -4.15. The number of para-hydroxylation sites is 2. The number of fused-ring (bicyclic) bond motifs is 1. The largest absolute Gasteiger partial charge is 0.491 e. The number of rotatable bonds is 7. The van der Waals surface area contributed by atoms with Crippen molar-refractivity contribution in [3.63, 3.8) is 0 Å². The van der Waals surface area contributed by atoms with Gasteiger partial charge in [-0.2, -0.15) is 13.2 Å². The van der Waals surface area contributed by atoms with E-state index in [2.05, 4.69) is 24.7 Å². The SMILES string of the molecule is O=C1CC(c2ccc(C[C@H](NC(=O)NCC(=O)OC(=O)C(F)(F)F)c3nc4ccccc4[nH]3)cc2)S(O)(O)N1. The summed E-state index contributed by atoms with van der Waals surface area (Å²) < 4.78 is 62.8. The minimum Gasteiger partial charge on any atom is -0.385 e. The zero-order chi connectivity index (χ0) is 28.4. The quantitative estimate of drug-likeness (QED) is 0.185. The van der Waals surface area contributed by atoms with E-state index in [1.165, 1.54) is 0 Å². The molecule has 2 atom stereocenters. The first-order valence-electron chi connectivity index (χ1n) is 11.3. The predicted octanol–water partition coefficient (Wildman–Crippen LogP) is 3.00. The summed E-state index contributed by atoms with van der Waals surface area (Å²) in [4.78, 5) is 53.9. The van der Waals surface area contributed by atoms with E-state index in [9.17, 15) is 41.5 Å². The van der Waals surface area contributed by atoms with Gasteiger partial charge in [0, 0.05) is 0 Å². The molecule has 0 spiro atoms. The van der Waals surface area contributed by atoms with Crippen molar-refractivity contribution in [2.45, 2.75) is 30.3 Å². The number of esters is 2. The molecule has 1 aromatic heterocycles. The molecular formula is C23H22F3N5O7S. The fourth-order valence-corrected chi connectivity index (χ4v) is 5.37. The molecule has 39 heavy (non-hydrogen) atoms. The lowest BCUT2D eigenvalue weighted by molar-refractivity contribution is -0.201. The van der Waals surface area contributed by atoms with E-state index in [1.54, 1.807) is 48.5 Å². The van der Waals surface area contributed by atoms with E-state index in [0.717, 1.165) is 0 Å². The molecule has 2 heterocycles. The molecule has 12 nitrogen and oxygen atoms in total. The monoisotopic (exact) mass is 569 g/mol. The highest BCUT2D eigenvalue weighted by atomic mass is 32.3. The van der Waals surface area contributed by atoms with E-state index < -0.39 is 58.7 Å². The van der Waals surface area contributed by atoms with E-state index in [-0.39, 0.29) is 12.8 Å². The third kappa shape index (κ3) is 6.84. The Morgan fingerprint density at radius 2 is 1.82 bits per heavy atom. The molecule has 2 aromatic carbocycles. The molecule has 16 heteroatoms. The lowest BCUT2D eigenvalue weighted by Crippen LogP contribution is -2.42. The number of urea groups is 1. The number of aromatic nitrogens is 2. The number of carbonyl (C=O) groups is 4. The van der Waals surface area contributed by atoms with Gasteiger partial charge in [0.15, 0.2) is 0 Å². The van der Waals surface area contributed by atoms with Crippen LogP contribution in [0.25, 0.3) is 11.0 Å². The van der Waals surface area contributed by atoms with Crippen molar-refractivity contribution in [2.75, 3.05) is 6.54 Å². The Morgan fingerprint density at radius 1 is 1.13 bits per heavy atom. The highest BCUT2D eigenvalue weighted by Crippen LogP contribution is 2.56. The molecule has 0 aliphatic carbocycles. The standard InChI is InChI=1S/C23H22F3N5O7S/c24-23(25,26)21(34)38-19(33)11-27-22(35)30-16(20-28-14-3-1-2-4-15(14)29-20)9-12-5-7-13(8-6-12)17-10-18(32)31-39(17,36)37/h1-8,16-17,36-37H,9-11H2,(H,28,29)(H,31,32)(H2,27,30,35)/t16-,17?/m0/s1. The number of aromatic amines is 1. The Bertz CT molecular complexity index is 1380. The number of benzene rings is 2. The van der Waals surface area contributed by atoms with Crippen molar-refractivity contribution in [3.8, 4) is 0 Å².